The number of rotatable bonds is 3. The summed E-state index contributed by atoms with van der Waals surface area (Å²) in [5.41, 5.74) is 0.792. The Kier molecular flexibility index (Phi) is 2.97. The smallest absolute Gasteiger partial charge is 0.181 e. The van der Waals surface area contributed by atoms with E-state index in [1.54, 1.807) is 13.0 Å². The minimum Gasteiger partial charge on any atom is -0.276 e. The molecule has 0 saturated carbocycles. The monoisotopic (exact) mass is 254 g/mol. The van der Waals surface area contributed by atoms with Crippen molar-refractivity contribution in [3.8, 4) is 11.3 Å². The lowest BCUT2D eigenvalue weighted by molar-refractivity contribution is 0.597. The van der Waals surface area contributed by atoms with Gasteiger partial charge in [-0.15, -0.1) is 0 Å². The van der Waals surface area contributed by atoms with Gasteiger partial charge in [-0.1, -0.05) is 19.1 Å². The van der Waals surface area contributed by atoms with E-state index in [0.29, 0.717) is 11.3 Å². The number of nitrogens with one attached hydrogen (secondary N) is 1. The van der Waals surface area contributed by atoms with Gasteiger partial charge < -0.3 is 0 Å². The second kappa shape index (κ2) is 4.29. The predicted octanol–water partition coefficient (Wildman–Crippen LogP) is 2.01. The fourth-order valence-corrected chi connectivity index (χ4v) is 2.52. The summed E-state index contributed by atoms with van der Waals surface area (Å²) in [6.45, 7) is 1.55. The fraction of sp³-hybridized carbons (Fsp3) is 0.182. The maximum atomic E-state index is 13.1. The summed E-state index contributed by atoms with van der Waals surface area (Å²) < 4.78 is 36.7. The second-order valence-corrected chi connectivity index (χ2v) is 5.77. The molecule has 0 unspecified atom stereocenters. The number of aromatic nitrogens is 2. The molecule has 0 bridgehead atoms. The first-order valence-electron chi connectivity index (χ1n) is 5.06. The molecule has 0 radical (unpaired) electrons. The van der Waals surface area contributed by atoms with Gasteiger partial charge in [0.25, 0.3) is 0 Å². The molecule has 1 aromatic carbocycles. The molecule has 0 spiro atoms. The van der Waals surface area contributed by atoms with Crippen molar-refractivity contribution >= 4 is 9.84 Å². The van der Waals surface area contributed by atoms with Crippen LogP contribution in [0.2, 0.25) is 0 Å². The molecule has 0 aliphatic heterocycles. The maximum Gasteiger partial charge on any atom is 0.181 e. The van der Waals surface area contributed by atoms with Gasteiger partial charge in [-0.25, -0.2) is 12.8 Å². The van der Waals surface area contributed by atoms with E-state index in [2.05, 4.69) is 10.2 Å². The van der Waals surface area contributed by atoms with Crippen LogP contribution in [-0.2, 0) is 9.84 Å². The highest BCUT2D eigenvalue weighted by atomic mass is 32.2. The maximum absolute atomic E-state index is 13.1. The van der Waals surface area contributed by atoms with Gasteiger partial charge in [0.05, 0.1) is 17.6 Å². The summed E-state index contributed by atoms with van der Waals surface area (Å²) in [5, 5.41) is 6.31. The van der Waals surface area contributed by atoms with Crippen molar-refractivity contribution in [2.75, 3.05) is 5.75 Å². The molecule has 1 aromatic heterocycles. The highest BCUT2D eigenvalue weighted by Gasteiger charge is 2.19. The molecule has 2 aromatic rings. The van der Waals surface area contributed by atoms with Gasteiger partial charge >= 0.3 is 0 Å². The van der Waals surface area contributed by atoms with Gasteiger partial charge in [0.15, 0.2) is 9.84 Å². The first kappa shape index (κ1) is 11.8. The third kappa shape index (κ3) is 2.21. The number of aromatic amines is 1. The molecule has 0 amide bonds. The molecular weight excluding hydrogens is 243 g/mol. The molecule has 1 heterocycles. The fourth-order valence-electron chi connectivity index (χ4n) is 1.52. The van der Waals surface area contributed by atoms with Crippen molar-refractivity contribution in [1.82, 2.24) is 10.2 Å². The van der Waals surface area contributed by atoms with Gasteiger partial charge in [-0.3, -0.25) is 5.10 Å². The van der Waals surface area contributed by atoms with Gasteiger partial charge in [0, 0.05) is 5.56 Å². The zero-order chi connectivity index (χ0) is 12.5. The van der Waals surface area contributed by atoms with Crippen LogP contribution < -0.4 is 0 Å². The summed E-state index contributed by atoms with van der Waals surface area (Å²) in [4.78, 5) is 0.102. The van der Waals surface area contributed by atoms with Crippen LogP contribution in [0.15, 0.2) is 35.4 Å². The van der Waals surface area contributed by atoms with E-state index in [-0.39, 0.29) is 10.6 Å². The summed E-state index contributed by atoms with van der Waals surface area (Å²) in [5.74, 6) is -0.438. The van der Waals surface area contributed by atoms with Crippen molar-refractivity contribution in [3.05, 3.63) is 36.3 Å². The Balaban J connectivity index is 2.59. The van der Waals surface area contributed by atoms with Gasteiger partial charge in [0.1, 0.15) is 10.7 Å². The Morgan fingerprint density at radius 2 is 2.18 bits per heavy atom. The highest BCUT2D eigenvalue weighted by molar-refractivity contribution is 7.91. The average Bonchev–Trinajstić information content (AvgIpc) is 2.78. The topological polar surface area (TPSA) is 62.8 Å². The zero-order valence-corrected chi connectivity index (χ0v) is 9.96. The van der Waals surface area contributed by atoms with Crippen molar-refractivity contribution < 1.29 is 12.8 Å². The minimum atomic E-state index is -3.36. The van der Waals surface area contributed by atoms with Crippen LogP contribution >= 0.6 is 0 Å². The SMILES string of the molecule is CCS(=O)(=O)c1cn[nH]c1-c1cccc(F)c1. The zero-order valence-electron chi connectivity index (χ0n) is 9.14. The first-order valence-corrected chi connectivity index (χ1v) is 6.72. The number of nitrogens with zero attached hydrogens (tertiary/aromatic N) is 1. The van der Waals surface area contributed by atoms with Crippen LogP contribution in [0, 0.1) is 5.82 Å². The highest BCUT2D eigenvalue weighted by Crippen LogP contribution is 2.25. The van der Waals surface area contributed by atoms with E-state index in [0.717, 1.165) is 0 Å². The molecule has 90 valence electrons. The molecule has 0 aliphatic carbocycles. The first-order chi connectivity index (χ1) is 8.04. The molecule has 1 N–H and O–H groups in total. The number of hydrogen-bond donors (Lipinski definition) is 1. The molecule has 17 heavy (non-hydrogen) atoms. The molecule has 4 nitrogen and oxygen atoms in total. The van der Waals surface area contributed by atoms with Gasteiger partial charge in [-0.2, -0.15) is 5.10 Å². The number of sulfone groups is 1. The van der Waals surface area contributed by atoms with E-state index >= 15 is 0 Å². The summed E-state index contributed by atoms with van der Waals surface area (Å²) in [6, 6.07) is 5.72. The van der Waals surface area contributed by atoms with E-state index in [9.17, 15) is 12.8 Å². The van der Waals surface area contributed by atoms with Crippen molar-refractivity contribution in [2.24, 2.45) is 0 Å². The van der Waals surface area contributed by atoms with Gasteiger partial charge in [0.2, 0.25) is 0 Å². The summed E-state index contributed by atoms with van der Waals surface area (Å²) >= 11 is 0. The lowest BCUT2D eigenvalue weighted by Gasteiger charge is -2.03. The lowest BCUT2D eigenvalue weighted by atomic mass is 10.1. The molecular formula is C11H11FN2O2S. The van der Waals surface area contributed by atoms with Crippen molar-refractivity contribution in [2.45, 2.75) is 11.8 Å². The quantitative estimate of drug-likeness (QED) is 0.911. The standard InChI is InChI=1S/C11H11FN2O2S/c1-2-17(15,16)10-7-13-14-11(10)8-4-3-5-9(12)6-8/h3-7H,2H2,1H3,(H,13,14). The second-order valence-electron chi connectivity index (χ2n) is 3.52. The molecule has 6 heteroatoms. The van der Waals surface area contributed by atoms with E-state index < -0.39 is 15.7 Å². The molecule has 0 fully saturated rings. The van der Waals surface area contributed by atoms with Crippen LogP contribution in [0.3, 0.4) is 0 Å². The Bertz CT molecular complexity index is 634. The predicted molar refractivity (Wildman–Crippen MR) is 61.7 cm³/mol. The molecule has 0 atom stereocenters. The van der Waals surface area contributed by atoms with Crippen LogP contribution in [0.4, 0.5) is 4.39 Å². The van der Waals surface area contributed by atoms with Crippen LogP contribution in [-0.4, -0.2) is 24.4 Å². The molecule has 0 saturated heterocycles. The lowest BCUT2D eigenvalue weighted by Crippen LogP contribution is -2.04. The Morgan fingerprint density at radius 1 is 1.41 bits per heavy atom. The van der Waals surface area contributed by atoms with Gasteiger partial charge in [-0.05, 0) is 12.1 Å². The third-order valence-electron chi connectivity index (χ3n) is 2.43. The largest absolute Gasteiger partial charge is 0.276 e. The summed E-state index contributed by atoms with van der Waals surface area (Å²) in [7, 11) is -3.36. The average molecular weight is 254 g/mol. The van der Waals surface area contributed by atoms with Crippen LogP contribution in [0.25, 0.3) is 11.3 Å². The van der Waals surface area contributed by atoms with Crippen molar-refractivity contribution in [3.63, 3.8) is 0 Å². The van der Waals surface area contributed by atoms with E-state index in [4.69, 9.17) is 0 Å². The number of hydrogen-bond acceptors (Lipinski definition) is 3. The number of benzene rings is 1. The van der Waals surface area contributed by atoms with Crippen LogP contribution in [0.1, 0.15) is 6.92 Å². The Morgan fingerprint density at radius 3 is 2.82 bits per heavy atom. The van der Waals surface area contributed by atoms with Crippen LogP contribution in [0.5, 0.6) is 0 Å². The third-order valence-corrected chi connectivity index (χ3v) is 4.17. The molecule has 2 rings (SSSR count). The Labute approximate surface area is 98.4 Å². The summed E-state index contributed by atoms with van der Waals surface area (Å²) in [6.07, 6.45) is 1.25. The molecule has 0 aliphatic rings. The normalized spacial score (nSPS) is 11.6. The van der Waals surface area contributed by atoms with E-state index in [1.165, 1.54) is 24.4 Å². The van der Waals surface area contributed by atoms with E-state index in [1.807, 2.05) is 0 Å². The number of halogens is 1. The van der Waals surface area contributed by atoms with Crippen molar-refractivity contribution in [1.29, 1.82) is 0 Å². The Hall–Kier alpha value is -1.69. The minimum absolute atomic E-state index is 0.0190. The number of H-pyrrole nitrogens is 1.